The number of hydrogen-bond acceptors (Lipinski definition) is 5. The van der Waals surface area contributed by atoms with Gasteiger partial charge in [0.1, 0.15) is 11.5 Å². The maximum atomic E-state index is 11.8. The highest BCUT2D eigenvalue weighted by molar-refractivity contribution is 5.97. The van der Waals surface area contributed by atoms with E-state index in [0.29, 0.717) is 5.75 Å². The predicted molar refractivity (Wildman–Crippen MR) is 69.9 cm³/mol. The van der Waals surface area contributed by atoms with Gasteiger partial charge in [0.15, 0.2) is 0 Å². The van der Waals surface area contributed by atoms with E-state index in [2.05, 4.69) is 5.32 Å². The van der Waals surface area contributed by atoms with E-state index in [1.54, 1.807) is 0 Å². The molecule has 0 spiro atoms. The van der Waals surface area contributed by atoms with Crippen LogP contribution in [0.15, 0.2) is 18.2 Å². The Bertz CT molecular complexity index is 512. The molecule has 1 atom stereocenters. The predicted octanol–water partition coefficient (Wildman–Crippen LogP) is 0.356. The van der Waals surface area contributed by atoms with E-state index >= 15 is 0 Å². The first-order chi connectivity index (χ1) is 9.25. The van der Waals surface area contributed by atoms with Crippen LogP contribution in [-0.4, -0.2) is 46.5 Å². The van der Waals surface area contributed by atoms with Gasteiger partial charge in [0.2, 0.25) is 0 Å². The van der Waals surface area contributed by atoms with Gasteiger partial charge in [-0.1, -0.05) is 0 Å². The molecule has 0 aliphatic heterocycles. The van der Waals surface area contributed by atoms with Crippen molar-refractivity contribution in [3.8, 4) is 11.5 Å². The summed E-state index contributed by atoms with van der Waals surface area (Å²) in [6.07, 6.45) is -0.498. The molecule has 7 nitrogen and oxygen atoms in total. The summed E-state index contributed by atoms with van der Waals surface area (Å²) in [5.74, 6) is -1.65. The molecule has 0 aliphatic rings. The smallest absolute Gasteiger partial charge is 0.306 e. The number of nitrogens with one attached hydrogen (secondary N) is 1. The van der Waals surface area contributed by atoms with Crippen molar-refractivity contribution in [1.82, 2.24) is 5.32 Å². The zero-order chi connectivity index (χ0) is 15.3. The molecule has 0 heterocycles. The highest BCUT2D eigenvalue weighted by atomic mass is 16.5. The van der Waals surface area contributed by atoms with Crippen molar-refractivity contribution in [3.05, 3.63) is 23.8 Å². The van der Waals surface area contributed by atoms with E-state index in [1.807, 2.05) is 0 Å². The fourth-order valence-electron chi connectivity index (χ4n) is 1.58. The first-order valence-corrected chi connectivity index (χ1v) is 5.84. The van der Waals surface area contributed by atoms with E-state index in [9.17, 15) is 19.8 Å². The zero-order valence-corrected chi connectivity index (χ0v) is 11.2. The molecule has 1 rings (SSSR count). The molecule has 0 fully saturated rings. The number of rotatable bonds is 6. The number of benzene rings is 1. The van der Waals surface area contributed by atoms with E-state index in [4.69, 9.17) is 9.84 Å². The van der Waals surface area contributed by atoms with Crippen molar-refractivity contribution in [2.24, 2.45) is 0 Å². The second kappa shape index (κ2) is 6.25. The lowest BCUT2D eigenvalue weighted by Crippen LogP contribution is -2.42. The quantitative estimate of drug-likeness (QED) is 0.599. The van der Waals surface area contributed by atoms with E-state index in [1.165, 1.54) is 32.2 Å². The third kappa shape index (κ3) is 4.43. The van der Waals surface area contributed by atoms with E-state index in [-0.39, 0.29) is 17.9 Å². The maximum absolute atomic E-state index is 11.8. The van der Waals surface area contributed by atoms with Crippen LogP contribution >= 0.6 is 0 Å². The fourth-order valence-corrected chi connectivity index (χ4v) is 1.58. The van der Waals surface area contributed by atoms with Crippen LogP contribution in [0.4, 0.5) is 0 Å². The Kier molecular flexibility index (Phi) is 4.93. The van der Waals surface area contributed by atoms with Crippen LogP contribution in [0.25, 0.3) is 0 Å². The van der Waals surface area contributed by atoms with Crippen LogP contribution in [0, 0.1) is 0 Å². The monoisotopic (exact) mass is 283 g/mol. The number of carboxylic acid groups (broad SMARTS) is 1. The van der Waals surface area contributed by atoms with Crippen LogP contribution in [0.1, 0.15) is 23.7 Å². The summed E-state index contributed by atoms with van der Waals surface area (Å²) >= 11 is 0. The number of amides is 1. The first-order valence-electron chi connectivity index (χ1n) is 5.84. The minimum atomic E-state index is -1.57. The Morgan fingerprint density at radius 1 is 1.40 bits per heavy atom. The van der Waals surface area contributed by atoms with Gasteiger partial charge in [-0.3, -0.25) is 9.59 Å². The minimum absolute atomic E-state index is 0.0110. The molecule has 1 unspecified atom stereocenters. The number of aliphatic hydroxyl groups is 1. The Hall–Kier alpha value is -2.28. The van der Waals surface area contributed by atoms with Gasteiger partial charge in [-0.05, 0) is 19.1 Å². The van der Waals surface area contributed by atoms with Crippen LogP contribution in [0.5, 0.6) is 11.5 Å². The maximum Gasteiger partial charge on any atom is 0.306 e. The lowest BCUT2D eigenvalue weighted by molar-refractivity contribution is -0.141. The number of methoxy groups -OCH3 is 1. The number of phenolic OH excluding ortho intramolecular Hbond substituents is 1. The molecule has 0 aromatic heterocycles. The third-order valence-corrected chi connectivity index (χ3v) is 2.61. The van der Waals surface area contributed by atoms with Crippen molar-refractivity contribution in [2.75, 3.05) is 13.7 Å². The van der Waals surface area contributed by atoms with Gasteiger partial charge in [-0.25, -0.2) is 0 Å². The molecule has 0 bridgehead atoms. The van der Waals surface area contributed by atoms with Crippen LogP contribution in [0.2, 0.25) is 0 Å². The minimum Gasteiger partial charge on any atom is -0.507 e. The summed E-state index contributed by atoms with van der Waals surface area (Å²) in [6.45, 7) is 1.05. The van der Waals surface area contributed by atoms with Crippen LogP contribution in [-0.2, 0) is 4.79 Å². The topological polar surface area (TPSA) is 116 Å². The van der Waals surface area contributed by atoms with Gasteiger partial charge in [0, 0.05) is 12.6 Å². The summed E-state index contributed by atoms with van der Waals surface area (Å²) in [5.41, 5.74) is -1.55. The number of aliphatic carboxylic acids is 1. The lowest BCUT2D eigenvalue weighted by atomic mass is 10.0. The van der Waals surface area contributed by atoms with Crippen molar-refractivity contribution in [2.45, 2.75) is 18.9 Å². The molecular formula is C13H17NO6. The van der Waals surface area contributed by atoms with E-state index in [0.717, 1.165) is 0 Å². The summed E-state index contributed by atoms with van der Waals surface area (Å²) < 4.78 is 4.89. The molecule has 1 aromatic carbocycles. The fraction of sp³-hybridized carbons (Fsp3) is 0.385. The third-order valence-electron chi connectivity index (χ3n) is 2.61. The summed E-state index contributed by atoms with van der Waals surface area (Å²) in [7, 11) is 1.43. The summed E-state index contributed by atoms with van der Waals surface area (Å²) in [4.78, 5) is 22.4. The summed E-state index contributed by atoms with van der Waals surface area (Å²) in [6, 6.07) is 4.16. The molecule has 7 heteroatoms. The Labute approximate surface area is 115 Å². The van der Waals surface area contributed by atoms with Crippen molar-refractivity contribution < 1.29 is 29.6 Å². The van der Waals surface area contributed by atoms with Crippen LogP contribution < -0.4 is 10.1 Å². The van der Waals surface area contributed by atoms with E-state index < -0.39 is 23.9 Å². The van der Waals surface area contributed by atoms with Gasteiger partial charge >= 0.3 is 5.97 Å². The van der Waals surface area contributed by atoms with Gasteiger partial charge < -0.3 is 25.4 Å². The normalized spacial score (nSPS) is 13.3. The second-order valence-corrected chi connectivity index (χ2v) is 4.63. The highest BCUT2D eigenvalue weighted by Gasteiger charge is 2.25. The molecule has 110 valence electrons. The standard InChI is InChI=1S/C13H17NO6/c1-13(19,6-11(16)17)7-14-12(18)9-4-3-8(20-2)5-10(9)15/h3-5,15,19H,6-7H2,1-2H3,(H,14,18)(H,16,17). The molecule has 0 saturated carbocycles. The largest absolute Gasteiger partial charge is 0.507 e. The lowest BCUT2D eigenvalue weighted by Gasteiger charge is -2.21. The SMILES string of the molecule is COc1ccc(C(=O)NCC(C)(O)CC(=O)O)c(O)c1. The molecule has 20 heavy (non-hydrogen) atoms. The average Bonchev–Trinajstić information content (AvgIpc) is 2.34. The van der Waals surface area contributed by atoms with Crippen LogP contribution in [0.3, 0.4) is 0 Å². The molecule has 1 amide bonds. The van der Waals surface area contributed by atoms with Crippen molar-refractivity contribution in [1.29, 1.82) is 0 Å². The summed E-state index contributed by atoms with van der Waals surface area (Å²) in [5, 5.41) is 30.4. The van der Waals surface area contributed by atoms with Gasteiger partial charge in [-0.2, -0.15) is 0 Å². The number of carbonyl (C=O) groups excluding carboxylic acids is 1. The second-order valence-electron chi connectivity index (χ2n) is 4.63. The average molecular weight is 283 g/mol. The number of carbonyl (C=O) groups is 2. The molecule has 1 aromatic rings. The number of hydrogen-bond donors (Lipinski definition) is 4. The zero-order valence-electron chi connectivity index (χ0n) is 11.2. The Morgan fingerprint density at radius 3 is 2.55 bits per heavy atom. The van der Waals surface area contributed by atoms with Gasteiger partial charge in [0.05, 0.1) is 24.7 Å². The Morgan fingerprint density at radius 2 is 2.05 bits per heavy atom. The number of ether oxygens (including phenoxy) is 1. The number of aromatic hydroxyl groups is 1. The molecule has 0 saturated heterocycles. The molecule has 0 aliphatic carbocycles. The van der Waals surface area contributed by atoms with Gasteiger partial charge in [0.25, 0.3) is 5.91 Å². The molecular weight excluding hydrogens is 266 g/mol. The number of carboxylic acids is 1. The van der Waals surface area contributed by atoms with Gasteiger partial charge in [-0.15, -0.1) is 0 Å². The molecule has 4 N–H and O–H groups in total. The molecule has 0 radical (unpaired) electrons. The number of phenols is 1. The first kappa shape index (κ1) is 15.8. The van der Waals surface area contributed by atoms with Crippen molar-refractivity contribution in [3.63, 3.8) is 0 Å². The Balaban J connectivity index is 2.70. The van der Waals surface area contributed by atoms with Crippen molar-refractivity contribution >= 4 is 11.9 Å². The highest BCUT2D eigenvalue weighted by Crippen LogP contribution is 2.23.